The lowest BCUT2D eigenvalue weighted by Gasteiger charge is -2.22. The van der Waals surface area contributed by atoms with E-state index in [9.17, 15) is 8.78 Å². The first-order valence-corrected chi connectivity index (χ1v) is 3.37. The Morgan fingerprint density at radius 1 is 1.40 bits per heavy atom. The molecule has 0 aromatic carbocycles. The van der Waals surface area contributed by atoms with Crippen LogP contribution in [0.4, 0.5) is 8.78 Å². The van der Waals surface area contributed by atoms with Gasteiger partial charge in [0.15, 0.2) is 0 Å². The second kappa shape index (κ2) is 1.52. The van der Waals surface area contributed by atoms with Crippen LogP contribution in [0, 0.1) is 5.41 Å². The van der Waals surface area contributed by atoms with E-state index in [1.54, 1.807) is 13.8 Å². The van der Waals surface area contributed by atoms with Crippen molar-refractivity contribution in [3.63, 3.8) is 0 Å². The van der Waals surface area contributed by atoms with E-state index in [1.165, 1.54) is 0 Å². The van der Waals surface area contributed by atoms with Gasteiger partial charge in [-0.1, -0.05) is 13.8 Å². The third-order valence-corrected chi connectivity index (χ3v) is 2.59. The fraction of sp³-hybridized carbons (Fsp3) is 1.00. The van der Waals surface area contributed by atoms with Gasteiger partial charge in [-0.25, -0.2) is 8.78 Å². The van der Waals surface area contributed by atoms with E-state index in [2.05, 4.69) is 0 Å². The molecule has 1 rings (SSSR count). The van der Waals surface area contributed by atoms with Crippen LogP contribution in [0.1, 0.15) is 27.2 Å². The van der Waals surface area contributed by atoms with E-state index in [1.807, 2.05) is 0 Å². The molecule has 1 unspecified atom stereocenters. The summed E-state index contributed by atoms with van der Waals surface area (Å²) < 4.78 is 25.3. The van der Waals surface area contributed by atoms with Gasteiger partial charge in [0.25, 0.3) is 5.92 Å². The highest BCUT2D eigenvalue weighted by Gasteiger charge is 2.69. The third kappa shape index (κ3) is 0.764. The highest BCUT2D eigenvalue weighted by molar-refractivity contribution is 5.20. The molecule has 1 fully saturated rings. The predicted octanol–water partition coefficient (Wildman–Crippen LogP) is 1.77. The Balaban J connectivity index is 2.78. The Morgan fingerprint density at radius 2 is 1.70 bits per heavy atom. The van der Waals surface area contributed by atoms with Gasteiger partial charge in [-0.15, -0.1) is 0 Å². The number of nitrogens with two attached hydrogens (primary N) is 1. The molecule has 60 valence electrons. The van der Waals surface area contributed by atoms with Gasteiger partial charge in [0.1, 0.15) is 0 Å². The molecule has 3 heteroatoms. The Morgan fingerprint density at radius 3 is 1.70 bits per heavy atom. The second-order valence-corrected chi connectivity index (χ2v) is 3.92. The van der Waals surface area contributed by atoms with Crippen molar-refractivity contribution in [2.24, 2.45) is 11.1 Å². The molecule has 2 N–H and O–H groups in total. The monoisotopic (exact) mass is 149 g/mol. The molecule has 1 nitrogen and oxygen atoms in total. The van der Waals surface area contributed by atoms with E-state index >= 15 is 0 Å². The minimum Gasteiger partial charge on any atom is -0.320 e. The van der Waals surface area contributed by atoms with E-state index in [-0.39, 0.29) is 5.41 Å². The van der Waals surface area contributed by atoms with Gasteiger partial charge < -0.3 is 5.73 Å². The summed E-state index contributed by atoms with van der Waals surface area (Å²) in [5.41, 5.74) is 3.82. The maximum Gasteiger partial charge on any atom is 0.263 e. The fourth-order valence-corrected chi connectivity index (χ4v) is 1.40. The van der Waals surface area contributed by atoms with Crippen LogP contribution in [-0.4, -0.2) is 11.5 Å². The molecule has 0 aliphatic heterocycles. The predicted molar refractivity (Wildman–Crippen MR) is 35.9 cm³/mol. The van der Waals surface area contributed by atoms with Gasteiger partial charge in [-0.05, 0) is 11.8 Å². The molecule has 1 atom stereocenters. The quantitative estimate of drug-likeness (QED) is 0.604. The molecule has 0 heterocycles. The summed E-state index contributed by atoms with van der Waals surface area (Å²) in [5, 5.41) is 0. The summed E-state index contributed by atoms with van der Waals surface area (Å²) in [4.78, 5) is 0. The summed E-state index contributed by atoms with van der Waals surface area (Å²) in [5.74, 6) is -2.74. The summed E-state index contributed by atoms with van der Waals surface area (Å²) in [6.07, 6.45) is 0.420. The molecule has 0 aromatic heterocycles. The smallest absolute Gasteiger partial charge is 0.263 e. The molecule has 0 saturated heterocycles. The summed E-state index contributed by atoms with van der Waals surface area (Å²) in [7, 11) is 0. The average molecular weight is 149 g/mol. The van der Waals surface area contributed by atoms with Crippen LogP contribution in [0.5, 0.6) is 0 Å². The number of halogens is 2. The van der Waals surface area contributed by atoms with Gasteiger partial charge in [0.05, 0.1) is 5.54 Å². The lowest BCUT2D eigenvalue weighted by atomic mass is 10.0. The highest BCUT2D eigenvalue weighted by Crippen LogP contribution is 2.60. The maximum atomic E-state index is 12.7. The largest absolute Gasteiger partial charge is 0.320 e. The summed E-state index contributed by atoms with van der Waals surface area (Å²) in [6, 6.07) is 0. The molecule has 0 radical (unpaired) electrons. The van der Waals surface area contributed by atoms with Crippen LogP contribution >= 0.6 is 0 Å². The van der Waals surface area contributed by atoms with Crippen molar-refractivity contribution in [3.8, 4) is 0 Å². The Kier molecular flexibility index (Phi) is 1.21. The summed E-state index contributed by atoms with van der Waals surface area (Å²) >= 11 is 0. The molecule has 0 aromatic rings. The van der Waals surface area contributed by atoms with Crippen LogP contribution in [0.15, 0.2) is 0 Å². The minimum atomic E-state index is -2.74. The molecule has 0 amide bonds. The SMILES string of the molecule is CC(F)(F)C1(N)CC1(C)C. The lowest BCUT2D eigenvalue weighted by Crippen LogP contribution is -2.45. The van der Waals surface area contributed by atoms with Crippen molar-refractivity contribution in [2.45, 2.75) is 38.7 Å². The molecular formula is C7H13F2N. The number of hydrogen-bond acceptors (Lipinski definition) is 1. The molecule has 10 heavy (non-hydrogen) atoms. The zero-order valence-electron chi connectivity index (χ0n) is 6.54. The Bertz CT molecular complexity index is 159. The second-order valence-electron chi connectivity index (χ2n) is 3.92. The Hall–Kier alpha value is -0.180. The third-order valence-electron chi connectivity index (χ3n) is 2.59. The first-order chi connectivity index (χ1) is 4.21. The zero-order chi connectivity index (χ0) is 8.21. The maximum absolute atomic E-state index is 12.7. The number of rotatable bonds is 1. The topological polar surface area (TPSA) is 26.0 Å². The number of hydrogen-bond donors (Lipinski definition) is 1. The van der Waals surface area contributed by atoms with E-state index in [0.717, 1.165) is 6.92 Å². The van der Waals surface area contributed by atoms with Crippen molar-refractivity contribution >= 4 is 0 Å². The first-order valence-electron chi connectivity index (χ1n) is 3.37. The lowest BCUT2D eigenvalue weighted by molar-refractivity contribution is -0.0284. The average Bonchev–Trinajstić information content (AvgIpc) is 2.05. The van der Waals surface area contributed by atoms with Crippen LogP contribution < -0.4 is 5.73 Å². The highest BCUT2D eigenvalue weighted by atomic mass is 19.3. The van der Waals surface area contributed by atoms with Crippen molar-refractivity contribution < 1.29 is 8.78 Å². The van der Waals surface area contributed by atoms with Crippen molar-refractivity contribution in [3.05, 3.63) is 0 Å². The van der Waals surface area contributed by atoms with E-state index in [4.69, 9.17) is 5.73 Å². The minimum absolute atomic E-state index is 0.384. The van der Waals surface area contributed by atoms with Gasteiger partial charge in [0, 0.05) is 6.92 Å². The van der Waals surface area contributed by atoms with Crippen molar-refractivity contribution in [1.29, 1.82) is 0 Å². The Labute approximate surface area is 59.6 Å². The molecule has 1 aliphatic carbocycles. The zero-order valence-corrected chi connectivity index (χ0v) is 6.54. The van der Waals surface area contributed by atoms with Crippen LogP contribution in [0.3, 0.4) is 0 Å². The molecule has 0 bridgehead atoms. The molecular weight excluding hydrogens is 136 g/mol. The van der Waals surface area contributed by atoms with Crippen LogP contribution in [-0.2, 0) is 0 Å². The van der Waals surface area contributed by atoms with Crippen molar-refractivity contribution in [1.82, 2.24) is 0 Å². The van der Waals surface area contributed by atoms with E-state index in [0.29, 0.717) is 6.42 Å². The van der Waals surface area contributed by atoms with Crippen molar-refractivity contribution in [2.75, 3.05) is 0 Å². The van der Waals surface area contributed by atoms with Crippen LogP contribution in [0.25, 0.3) is 0 Å². The van der Waals surface area contributed by atoms with E-state index < -0.39 is 11.5 Å². The number of alkyl halides is 2. The molecule has 1 saturated carbocycles. The van der Waals surface area contributed by atoms with Gasteiger partial charge in [-0.3, -0.25) is 0 Å². The van der Waals surface area contributed by atoms with Gasteiger partial charge in [-0.2, -0.15) is 0 Å². The standard InChI is InChI=1S/C7H13F2N/c1-5(2)4-7(5,10)6(3,8)9/h4,10H2,1-3H3. The summed E-state index contributed by atoms with van der Waals surface area (Å²) in [6.45, 7) is 4.43. The normalized spacial score (nSPS) is 37.8. The van der Waals surface area contributed by atoms with Crippen LogP contribution in [0.2, 0.25) is 0 Å². The van der Waals surface area contributed by atoms with Gasteiger partial charge >= 0.3 is 0 Å². The first kappa shape index (κ1) is 7.92. The molecule has 1 aliphatic rings. The fourth-order valence-electron chi connectivity index (χ4n) is 1.40. The molecule has 0 spiro atoms. The van der Waals surface area contributed by atoms with Gasteiger partial charge in [0.2, 0.25) is 0 Å².